The smallest absolute Gasteiger partial charge is 0.226 e. The van der Waals surface area contributed by atoms with Crippen LogP contribution in [-0.2, 0) is 4.79 Å². The van der Waals surface area contributed by atoms with E-state index in [-0.39, 0.29) is 18.0 Å². The lowest BCUT2D eigenvalue weighted by Gasteiger charge is -2.28. The molecule has 170 valence electrons. The van der Waals surface area contributed by atoms with Crippen LogP contribution in [0.25, 0.3) is 5.69 Å². The van der Waals surface area contributed by atoms with E-state index in [1.54, 1.807) is 6.20 Å². The second-order valence-electron chi connectivity index (χ2n) is 8.12. The predicted molar refractivity (Wildman–Crippen MR) is 138 cm³/mol. The monoisotopic (exact) mass is 467 g/mol. The SMILES string of the molecule is O=C(CCN1C(=S)NC(c2ccccn2)C1c1cccn1-c1ccccc1)Nc1ccccc1. The van der Waals surface area contributed by atoms with Crippen molar-refractivity contribution in [3.8, 4) is 5.69 Å². The molecule has 1 fully saturated rings. The van der Waals surface area contributed by atoms with E-state index >= 15 is 0 Å². The zero-order valence-electron chi connectivity index (χ0n) is 18.5. The maximum Gasteiger partial charge on any atom is 0.226 e. The van der Waals surface area contributed by atoms with Gasteiger partial charge in [-0.3, -0.25) is 9.78 Å². The van der Waals surface area contributed by atoms with Crippen LogP contribution in [0.5, 0.6) is 0 Å². The van der Waals surface area contributed by atoms with Crippen LogP contribution in [0.3, 0.4) is 0 Å². The predicted octanol–water partition coefficient (Wildman–Crippen LogP) is 4.87. The fourth-order valence-corrected chi connectivity index (χ4v) is 4.73. The Morgan fingerprint density at radius 2 is 1.68 bits per heavy atom. The fraction of sp³-hybridized carbons (Fsp3) is 0.148. The highest BCUT2D eigenvalue weighted by molar-refractivity contribution is 7.80. The van der Waals surface area contributed by atoms with Crippen molar-refractivity contribution in [1.29, 1.82) is 0 Å². The summed E-state index contributed by atoms with van der Waals surface area (Å²) in [5.41, 5.74) is 3.85. The van der Waals surface area contributed by atoms with Crippen LogP contribution in [0.1, 0.15) is 29.9 Å². The Morgan fingerprint density at radius 3 is 2.41 bits per heavy atom. The molecule has 34 heavy (non-hydrogen) atoms. The fourth-order valence-electron chi connectivity index (χ4n) is 4.39. The first-order valence-corrected chi connectivity index (χ1v) is 11.7. The van der Waals surface area contributed by atoms with E-state index in [1.165, 1.54) is 0 Å². The van der Waals surface area contributed by atoms with Gasteiger partial charge in [-0.05, 0) is 60.7 Å². The Balaban J connectivity index is 1.44. The Labute approximate surface area is 204 Å². The Kier molecular flexibility index (Phi) is 6.35. The molecule has 7 heteroatoms. The molecule has 0 saturated carbocycles. The average Bonchev–Trinajstić information content (AvgIpc) is 3.48. The number of carbonyl (C=O) groups excluding carboxylic acids is 1. The Hall–Kier alpha value is -3.97. The average molecular weight is 468 g/mol. The summed E-state index contributed by atoms with van der Waals surface area (Å²) < 4.78 is 2.17. The Morgan fingerprint density at radius 1 is 0.941 bits per heavy atom. The van der Waals surface area contributed by atoms with Crippen molar-refractivity contribution < 1.29 is 4.79 Å². The van der Waals surface area contributed by atoms with Gasteiger partial charge >= 0.3 is 0 Å². The van der Waals surface area contributed by atoms with E-state index in [0.717, 1.165) is 22.8 Å². The molecular formula is C27H25N5OS. The van der Waals surface area contributed by atoms with Crippen LogP contribution in [0, 0.1) is 0 Å². The summed E-state index contributed by atoms with van der Waals surface area (Å²) in [4.78, 5) is 19.4. The van der Waals surface area contributed by atoms with Crippen LogP contribution in [-0.4, -0.2) is 32.0 Å². The number of hydrogen-bond acceptors (Lipinski definition) is 3. The van der Waals surface area contributed by atoms with Crippen LogP contribution < -0.4 is 10.6 Å². The molecule has 0 aliphatic carbocycles. The summed E-state index contributed by atoms with van der Waals surface area (Å²) in [6, 6.07) is 29.5. The van der Waals surface area contributed by atoms with E-state index in [9.17, 15) is 4.79 Å². The highest BCUT2D eigenvalue weighted by Crippen LogP contribution is 2.39. The van der Waals surface area contributed by atoms with Gasteiger partial charge in [-0.1, -0.05) is 42.5 Å². The third-order valence-electron chi connectivity index (χ3n) is 5.95. The molecule has 6 nitrogen and oxygen atoms in total. The normalized spacial score (nSPS) is 17.4. The molecule has 0 spiro atoms. The largest absolute Gasteiger partial charge is 0.352 e. The van der Waals surface area contributed by atoms with Crippen molar-refractivity contribution in [3.05, 3.63) is 115 Å². The second-order valence-corrected chi connectivity index (χ2v) is 8.51. The highest BCUT2D eigenvalue weighted by Gasteiger charge is 2.41. The molecule has 4 aromatic rings. The minimum absolute atomic E-state index is 0.0486. The lowest BCUT2D eigenvalue weighted by Crippen LogP contribution is -2.33. The zero-order chi connectivity index (χ0) is 23.3. The molecule has 2 unspecified atom stereocenters. The molecule has 2 atom stereocenters. The number of nitrogens with one attached hydrogen (secondary N) is 2. The van der Waals surface area contributed by atoms with Crippen LogP contribution in [0.4, 0.5) is 5.69 Å². The lowest BCUT2D eigenvalue weighted by atomic mass is 10.0. The third kappa shape index (κ3) is 4.56. The van der Waals surface area contributed by atoms with Gasteiger partial charge in [0.25, 0.3) is 0 Å². The summed E-state index contributed by atoms with van der Waals surface area (Å²) in [6.07, 6.45) is 4.17. The summed E-state index contributed by atoms with van der Waals surface area (Å²) in [5, 5.41) is 7.04. The van der Waals surface area contributed by atoms with Crippen LogP contribution >= 0.6 is 12.2 Å². The Bertz CT molecular complexity index is 1260. The number of carbonyl (C=O) groups is 1. The van der Waals surface area contributed by atoms with Crippen molar-refractivity contribution in [3.63, 3.8) is 0 Å². The van der Waals surface area contributed by atoms with E-state index in [2.05, 4.69) is 49.5 Å². The molecule has 1 aliphatic heterocycles. The molecule has 5 rings (SSSR count). The first-order valence-electron chi connectivity index (χ1n) is 11.3. The summed E-state index contributed by atoms with van der Waals surface area (Å²) in [7, 11) is 0. The van der Waals surface area contributed by atoms with E-state index in [4.69, 9.17) is 12.2 Å². The van der Waals surface area contributed by atoms with Crippen molar-refractivity contribution in [1.82, 2.24) is 19.8 Å². The first-order chi connectivity index (χ1) is 16.7. The number of para-hydroxylation sites is 2. The molecule has 3 heterocycles. The quantitative estimate of drug-likeness (QED) is 0.380. The van der Waals surface area contributed by atoms with Gasteiger partial charge in [0.15, 0.2) is 5.11 Å². The van der Waals surface area contributed by atoms with Crippen molar-refractivity contribution >= 4 is 28.9 Å². The van der Waals surface area contributed by atoms with Gasteiger partial charge in [0, 0.05) is 42.4 Å². The van der Waals surface area contributed by atoms with Gasteiger partial charge in [-0.2, -0.15) is 0 Å². The van der Waals surface area contributed by atoms with E-state index < -0.39 is 0 Å². The van der Waals surface area contributed by atoms with Gasteiger partial charge in [-0.15, -0.1) is 0 Å². The standard InChI is InChI=1S/C27H25N5OS/c33-24(29-20-10-3-1-4-11-20)16-19-32-26(25(30-27(32)34)22-14-7-8-17-28-22)23-15-9-18-31(23)21-12-5-2-6-13-21/h1-15,17-18,25-26H,16,19H2,(H,29,33)(H,30,34). The molecule has 0 radical (unpaired) electrons. The number of nitrogens with zero attached hydrogens (tertiary/aromatic N) is 3. The summed E-state index contributed by atoms with van der Waals surface area (Å²) >= 11 is 5.76. The molecular weight excluding hydrogens is 442 g/mol. The molecule has 1 amide bonds. The number of aromatic nitrogens is 2. The highest BCUT2D eigenvalue weighted by atomic mass is 32.1. The maximum atomic E-state index is 12.7. The molecule has 2 N–H and O–H groups in total. The third-order valence-corrected chi connectivity index (χ3v) is 6.31. The topological polar surface area (TPSA) is 62.2 Å². The number of rotatable bonds is 7. The number of pyridine rings is 1. The zero-order valence-corrected chi connectivity index (χ0v) is 19.4. The minimum Gasteiger partial charge on any atom is -0.352 e. The second kappa shape index (κ2) is 9.89. The van der Waals surface area contributed by atoms with Crippen molar-refractivity contribution in [2.24, 2.45) is 0 Å². The van der Waals surface area contributed by atoms with Gasteiger partial charge < -0.3 is 20.1 Å². The molecule has 2 aromatic heterocycles. The molecule has 1 aliphatic rings. The minimum atomic E-state index is -0.136. The van der Waals surface area contributed by atoms with Crippen molar-refractivity contribution in [2.45, 2.75) is 18.5 Å². The lowest BCUT2D eigenvalue weighted by molar-refractivity contribution is -0.116. The van der Waals surface area contributed by atoms with Gasteiger partial charge in [0.1, 0.15) is 0 Å². The number of benzene rings is 2. The number of thiocarbonyl (C=S) groups is 1. The molecule has 2 aromatic carbocycles. The van der Waals surface area contributed by atoms with E-state index in [1.807, 2.05) is 72.8 Å². The van der Waals surface area contributed by atoms with Gasteiger partial charge in [-0.25, -0.2) is 0 Å². The van der Waals surface area contributed by atoms with E-state index in [0.29, 0.717) is 18.1 Å². The van der Waals surface area contributed by atoms with Gasteiger partial charge in [0.2, 0.25) is 5.91 Å². The maximum absolute atomic E-state index is 12.7. The van der Waals surface area contributed by atoms with Crippen molar-refractivity contribution in [2.75, 3.05) is 11.9 Å². The van der Waals surface area contributed by atoms with Gasteiger partial charge in [0.05, 0.1) is 17.8 Å². The van der Waals surface area contributed by atoms with Crippen LogP contribution in [0.2, 0.25) is 0 Å². The molecule has 1 saturated heterocycles. The number of anilines is 1. The number of amides is 1. The summed E-state index contributed by atoms with van der Waals surface area (Å²) in [6.45, 7) is 0.485. The molecule has 0 bridgehead atoms. The van der Waals surface area contributed by atoms with Crippen LogP contribution in [0.15, 0.2) is 103 Å². The summed E-state index contributed by atoms with van der Waals surface area (Å²) in [5.74, 6) is -0.0486. The first kappa shape index (κ1) is 21.9. The number of hydrogen-bond donors (Lipinski definition) is 2.